The zero-order valence-electron chi connectivity index (χ0n) is 32.9. The summed E-state index contributed by atoms with van der Waals surface area (Å²) in [7, 11) is 0. The number of nitrogens with zero attached hydrogens (tertiary/aromatic N) is 3. The van der Waals surface area contributed by atoms with E-state index in [1.54, 1.807) is 0 Å². The fourth-order valence-corrected chi connectivity index (χ4v) is 5.37. The van der Waals surface area contributed by atoms with E-state index in [2.05, 4.69) is 204 Å². The third-order valence-electron chi connectivity index (χ3n) is 8.43. The van der Waals surface area contributed by atoms with Gasteiger partial charge in [-0.25, -0.2) is 0 Å². The summed E-state index contributed by atoms with van der Waals surface area (Å²) >= 11 is 0. The lowest BCUT2D eigenvalue weighted by Gasteiger charge is -2.23. The SMILES string of the molecule is C=C/C(=C\C=C\N(c1ccc(C(C)(C)C)cc1)c1ccc(C)nc1)c1ccc(N(/C=C/C=C(\C=C/C)C(C)(C)C)c2ccc(C)cc2)cc1.CC. The number of hydrogen-bond acceptors (Lipinski definition) is 3. The van der Waals surface area contributed by atoms with Gasteiger partial charge >= 0.3 is 0 Å². The Morgan fingerprint density at radius 3 is 1.61 bits per heavy atom. The van der Waals surface area contributed by atoms with Gasteiger partial charge in [-0.3, -0.25) is 4.98 Å². The van der Waals surface area contributed by atoms with Crippen LogP contribution in [-0.4, -0.2) is 4.98 Å². The molecule has 0 bridgehead atoms. The van der Waals surface area contributed by atoms with Crippen LogP contribution < -0.4 is 9.80 Å². The maximum Gasteiger partial charge on any atom is 0.0639 e. The van der Waals surface area contributed by atoms with Gasteiger partial charge in [0.25, 0.3) is 0 Å². The standard InChI is InChI=1S/C46H53N3.C2H6/c1-11-15-39(45(5,6)7)17-14-33-48(41-25-18-35(3)19-26-41)42-28-21-38(22-29-42)37(12-2)16-13-32-49(44-27-20-36(4)47-34-44)43-30-23-40(24-31-43)46(8,9)10;1-2/h11-34H,2H2,1,3-10H3;1-2H3/b15-11-,32-13+,33-14+,37-16+,39-17+;. The molecule has 266 valence electrons. The zero-order chi connectivity index (χ0) is 37.6. The molecule has 51 heavy (non-hydrogen) atoms. The lowest BCUT2D eigenvalue weighted by atomic mass is 9.86. The van der Waals surface area contributed by atoms with Crippen LogP contribution in [0, 0.1) is 19.3 Å². The predicted molar refractivity (Wildman–Crippen MR) is 226 cm³/mol. The second-order valence-corrected chi connectivity index (χ2v) is 14.5. The van der Waals surface area contributed by atoms with E-state index in [1.807, 2.05) is 39.1 Å². The van der Waals surface area contributed by atoms with Gasteiger partial charge in [-0.05, 0) is 115 Å². The second-order valence-electron chi connectivity index (χ2n) is 14.5. The fourth-order valence-electron chi connectivity index (χ4n) is 5.37. The average molecular weight is 678 g/mol. The first-order chi connectivity index (χ1) is 24.3. The normalized spacial score (nSPS) is 12.7. The summed E-state index contributed by atoms with van der Waals surface area (Å²) in [5, 5.41) is 0. The molecule has 0 amide bonds. The van der Waals surface area contributed by atoms with Crippen LogP contribution in [0.3, 0.4) is 0 Å². The van der Waals surface area contributed by atoms with Gasteiger partial charge in [0, 0.05) is 35.2 Å². The lowest BCUT2D eigenvalue weighted by Crippen LogP contribution is -2.12. The van der Waals surface area contributed by atoms with E-state index < -0.39 is 0 Å². The summed E-state index contributed by atoms with van der Waals surface area (Å²) in [6, 6.07) is 30.2. The van der Waals surface area contributed by atoms with E-state index in [9.17, 15) is 0 Å². The fraction of sp³-hybridized carbons (Fsp3) is 0.271. The van der Waals surface area contributed by atoms with Crippen LogP contribution in [0.15, 0.2) is 158 Å². The molecular formula is C48H59N3. The Morgan fingerprint density at radius 1 is 0.647 bits per heavy atom. The van der Waals surface area contributed by atoms with Crippen LogP contribution in [0.5, 0.6) is 0 Å². The highest BCUT2D eigenvalue weighted by atomic mass is 15.1. The molecular weight excluding hydrogens is 619 g/mol. The van der Waals surface area contributed by atoms with E-state index in [4.69, 9.17) is 0 Å². The highest BCUT2D eigenvalue weighted by Crippen LogP contribution is 2.32. The molecule has 0 saturated carbocycles. The first-order valence-corrected chi connectivity index (χ1v) is 18.1. The van der Waals surface area contributed by atoms with Crippen LogP contribution in [0.2, 0.25) is 0 Å². The summed E-state index contributed by atoms with van der Waals surface area (Å²) in [4.78, 5) is 8.96. The molecule has 1 aromatic heterocycles. The Hall–Kier alpha value is -5.15. The van der Waals surface area contributed by atoms with Gasteiger partial charge in [0.1, 0.15) is 0 Å². The van der Waals surface area contributed by atoms with E-state index in [1.165, 1.54) is 16.7 Å². The summed E-state index contributed by atoms with van der Waals surface area (Å²) in [5.74, 6) is 0. The van der Waals surface area contributed by atoms with Gasteiger partial charge in [0.2, 0.25) is 0 Å². The highest BCUT2D eigenvalue weighted by Gasteiger charge is 2.15. The number of aromatic nitrogens is 1. The largest absolute Gasteiger partial charge is 0.317 e. The van der Waals surface area contributed by atoms with Crippen molar-refractivity contribution in [2.45, 2.75) is 81.6 Å². The molecule has 3 nitrogen and oxygen atoms in total. The summed E-state index contributed by atoms with van der Waals surface area (Å²) in [5.41, 5.74) is 11.3. The molecule has 0 spiro atoms. The monoisotopic (exact) mass is 677 g/mol. The third-order valence-corrected chi connectivity index (χ3v) is 8.43. The Morgan fingerprint density at radius 2 is 1.14 bits per heavy atom. The minimum absolute atomic E-state index is 0.0556. The summed E-state index contributed by atoms with van der Waals surface area (Å²) in [6.07, 6.45) is 20.9. The first-order valence-electron chi connectivity index (χ1n) is 18.1. The van der Waals surface area contributed by atoms with Crippen molar-refractivity contribution in [3.63, 3.8) is 0 Å². The van der Waals surface area contributed by atoms with Gasteiger partial charge in [0.15, 0.2) is 0 Å². The van der Waals surface area contributed by atoms with Crippen LogP contribution in [0.4, 0.5) is 22.7 Å². The van der Waals surface area contributed by atoms with Crippen LogP contribution >= 0.6 is 0 Å². The molecule has 0 N–H and O–H groups in total. The topological polar surface area (TPSA) is 19.4 Å². The molecule has 0 aliphatic carbocycles. The van der Waals surface area contributed by atoms with Crippen molar-refractivity contribution in [3.8, 4) is 0 Å². The second kappa shape index (κ2) is 18.7. The smallest absolute Gasteiger partial charge is 0.0639 e. The lowest BCUT2D eigenvalue weighted by molar-refractivity contribution is 0.517. The quantitative estimate of drug-likeness (QED) is 0.147. The average Bonchev–Trinajstić information content (AvgIpc) is 3.11. The van der Waals surface area contributed by atoms with Crippen LogP contribution in [0.1, 0.15) is 84.7 Å². The van der Waals surface area contributed by atoms with Crippen LogP contribution in [0.25, 0.3) is 5.57 Å². The molecule has 3 aromatic carbocycles. The predicted octanol–water partition coefficient (Wildman–Crippen LogP) is 14.1. The molecule has 0 unspecified atom stereocenters. The molecule has 0 aliphatic rings. The van der Waals surface area contributed by atoms with E-state index in [0.717, 1.165) is 39.6 Å². The van der Waals surface area contributed by atoms with Gasteiger partial charge in [-0.15, -0.1) is 0 Å². The molecule has 4 rings (SSSR count). The van der Waals surface area contributed by atoms with Gasteiger partial charge in [0.05, 0.1) is 11.9 Å². The Labute approximate surface area is 309 Å². The zero-order valence-corrected chi connectivity index (χ0v) is 32.9. The summed E-state index contributed by atoms with van der Waals surface area (Å²) < 4.78 is 0. The maximum atomic E-state index is 4.56. The van der Waals surface area contributed by atoms with E-state index in [-0.39, 0.29) is 10.8 Å². The van der Waals surface area contributed by atoms with Crippen molar-refractivity contribution in [3.05, 3.63) is 181 Å². The Kier molecular flexibility index (Phi) is 14.8. The molecule has 0 saturated heterocycles. The summed E-state index contributed by atoms with van der Waals surface area (Å²) in [6.45, 7) is 27.8. The van der Waals surface area contributed by atoms with Crippen molar-refractivity contribution >= 4 is 28.3 Å². The molecule has 0 fully saturated rings. The molecule has 0 atom stereocenters. The van der Waals surface area contributed by atoms with Gasteiger partial charge in [-0.2, -0.15) is 0 Å². The van der Waals surface area contributed by atoms with Crippen molar-refractivity contribution < 1.29 is 0 Å². The number of hydrogen-bond donors (Lipinski definition) is 0. The minimum Gasteiger partial charge on any atom is -0.317 e. The number of anilines is 4. The molecule has 3 heteroatoms. The maximum absolute atomic E-state index is 4.56. The number of benzene rings is 3. The first kappa shape index (κ1) is 40.3. The Bertz CT molecular complexity index is 1820. The van der Waals surface area contributed by atoms with Gasteiger partial charge < -0.3 is 9.80 Å². The van der Waals surface area contributed by atoms with Gasteiger partial charge in [-0.1, -0.05) is 134 Å². The van der Waals surface area contributed by atoms with E-state index in [0.29, 0.717) is 0 Å². The van der Waals surface area contributed by atoms with E-state index >= 15 is 0 Å². The third kappa shape index (κ3) is 11.7. The highest BCUT2D eigenvalue weighted by molar-refractivity contribution is 5.77. The number of rotatable bonds is 11. The Balaban J connectivity index is 0.00000345. The molecule has 4 aromatic rings. The van der Waals surface area contributed by atoms with Crippen molar-refractivity contribution in [2.24, 2.45) is 5.41 Å². The van der Waals surface area contributed by atoms with Crippen LogP contribution in [-0.2, 0) is 5.41 Å². The number of allylic oxidation sites excluding steroid dienone is 9. The van der Waals surface area contributed by atoms with Crippen molar-refractivity contribution in [1.29, 1.82) is 0 Å². The molecule has 1 heterocycles. The van der Waals surface area contributed by atoms with Crippen molar-refractivity contribution in [2.75, 3.05) is 9.80 Å². The molecule has 0 radical (unpaired) electrons. The number of pyridine rings is 1. The molecule has 0 aliphatic heterocycles. The van der Waals surface area contributed by atoms with Crippen molar-refractivity contribution in [1.82, 2.24) is 4.98 Å². The minimum atomic E-state index is 0.0556. The number of aryl methyl sites for hydroxylation is 2.